The number of aromatic amines is 1. The van der Waals surface area contributed by atoms with Crippen molar-refractivity contribution in [2.45, 2.75) is 22.5 Å². The van der Waals surface area contributed by atoms with Crippen molar-refractivity contribution in [1.82, 2.24) is 20.6 Å². The zero-order chi connectivity index (χ0) is 23.9. The van der Waals surface area contributed by atoms with Crippen LogP contribution in [0.2, 0.25) is 0 Å². The van der Waals surface area contributed by atoms with Gasteiger partial charge in [0.2, 0.25) is 23.9 Å². The molecule has 0 radical (unpaired) electrons. The summed E-state index contributed by atoms with van der Waals surface area (Å²) < 4.78 is 53.3. The summed E-state index contributed by atoms with van der Waals surface area (Å²) in [4.78, 5) is 7.04. The lowest BCUT2D eigenvalue weighted by Gasteiger charge is -2.18. The van der Waals surface area contributed by atoms with Gasteiger partial charge in [-0.05, 0) is 31.2 Å². The molecule has 8 nitrogen and oxygen atoms in total. The van der Waals surface area contributed by atoms with E-state index in [0.29, 0.717) is 18.1 Å². The summed E-state index contributed by atoms with van der Waals surface area (Å²) in [6.45, 7) is 2.27. The predicted molar refractivity (Wildman–Crippen MR) is 131 cm³/mol. The number of hydrogen-bond donors (Lipinski definition) is 3. The Balaban J connectivity index is 1.93. The second-order valence-corrected chi connectivity index (χ2v) is 12.1. The molecular weight excluding hydrogens is 480 g/mol. The van der Waals surface area contributed by atoms with Gasteiger partial charge in [-0.3, -0.25) is 0 Å². The summed E-state index contributed by atoms with van der Waals surface area (Å²) in [5, 5.41) is 5.73. The third kappa shape index (κ3) is 5.79. The molecule has 1 heterocycles. The monoisotopic (exact) mass is 506 g/mol. The highest BCUT2D eigenvalue weighted by atomic mass is 32.3. The van der Waals surface area contributed by atoms with E-state index in [0.717, 1.165) is 11.4 Å². The third-order valence-electron chi connectivity index (χ3n) is 4.78. The number of rotatable bonds is 11. The maximum Gasteiger partial charge on any atom is 0.221 e. The van der Waals surface area contributed by atoms with Crippen LogP contribution >= 0.6 is 11.8 Å². The summed E-state index contributed by atoms with van der Waals surface area (Å²) in [7, 11) is -7.22. The molecule has 176 valence electrons. The molecule has 0 fully saturated rings. The zero-order valence-electron chi connectivity index (χ0n) is 18.3. The molecule has 11 heteroatoms. The Morgan fingerprint density at radius 2 is 1.48 bits per heavy atom. The van der Waals surface area contributed by atoms with E-state index in [9.17, 15) is 16.8 Å². The van der Waals surface area contributed by atoms with Crippen molar-refractivity contribution < 1.29 is 16.8 Å². The summed E-state index contributed by atoms with van der Waals surface area (Å²) in [5.41, 5.74) is 1.94. The molecule has 0 aliphatic carbocycles. The minimum Gasteiger partial charge on any atom is -0.373 e. The molecule has 0 aliphatic rings. The van der Waals surface area contributed by atoms with Gasteiger partial charge in [-0.1, -0.05) is 36.4 Å². The van der Waals surface area contributed by atoms with E-state index >= 15 is 0 Å². The number of nitrogens with zero attached hydrogens (tertiary/aromatic N) is 1. The van der Waals surface area contributed by atoms with Crippen LogP contribution in [0.3, 0.4) is 0 Å². The van der Waals surface area contributed by atoms with Crippen LogP contribution in [0.1, 0.15) is 11.4 Å². The minimum absolute atomic E-state index is 0.0685. The summed E-state index contributed by atoms with van der Waals surface area (Å²) in [6, 6.07) is 15.1. The Bertz CT molecular complexity index is 1230. The van der Waals surface area contributed by atoms with E-state index in [1.165, 1.54) is 31.3 Å². The van der Waals surface area contributed by atoms with Crippen LogP contribution in [0.4, 0.5) is 0 Å². The first-order chi connectivity index (χ1) is 15.8. The lowest BCUT2D eigenvalue weighted by Crippen LogP contribution is -2.32. The van der Waals surface area contributed by atoms with Crippen molar-refractivity contribution in [1.29, 1.82) is 0 Å². The summed E-state index contributed by atoms with van der Waals surface area (Å²) in [6.07, 6.45) is 1.64. The molecule has 2 aromatic carbocycles. The van der Waals surface area contributed by atoms with E-state index in [1.54, 1.807) is 54.5 Å². The van der Waals surface area contributed by atoms with Crippen LogP contribution in [-0.2, 0) is 25.4 Å². The number of aromatic nitrogens is 2. The highest BCUT2D eigenvalue weighted by molar-refractivity contribution is 8.14. The minimum atomic E-state index is -4.36. The SMILES string of the molecule is CNC(NCCSCc1[nH]cnc1C)=C(S(=O)(=O)c1ccccc1)S(=O)(=O)c1ccccc1. The van der Waals surface area contributed by atoms with Gasteiger partial charge in [0.15, 0.2) is 0 Å². The molecule has 0 saturated heterocycles. The smallest absolute Gasteiger partial charge is 0.221 e. The second kappa shape index (κ2) is 10.9. The lowest BCUT2D eigenvalue weighted by atomic mass is 10.4. The maximum absolute atomic E-state index is 13.5. The van der Waals surface area contributed by atoms with Gasteiger partial charge in [0.05, 0.1) is 21.8 Å². The average Bonchev–Trinajstić information content (AvgIpc) is 3.23. The van der Waals surface area contributed by atoms with Gasteiger partial charge in [0.25, 0.3) is 0 Å². The van der Waals surface area contributed by atoms with E-state index in [4.69, 9.17) is 0 Å². The van der Waals surface area contributed by atoms with Crippen molar-refractivity contribution in [2.75, 3.05) is 19.3 Å². The fraction of sp³-hybridized carbons (Fsp3) is 0.227. The molecule has 0 spiro atoms. The molecule has 0 amide bonds. The number of benzene rings is 2. The molecule has 0 saturated carbocycles. The average molecular weight is 507 g/mol. The maximum atomic E-state index is 13.5. The topological polar surface area (TPSA) is 121 Å². The fourth-order valence-corrected chi connectivity index (χ4v) is 8.01. The van der Waals surface area contributed by atoms with Gasteiger partial charge in [-0.25, -0.2) is 21.8 Å². The van der Waals surface area contributed by atoms with Gasteiger partial charge in [0.1, 0.15) is 5.82 Å². The number of imidazole rings is 1. The molecule has 3 rings (SSSR count). The number of sulfone groups is 2. The normalized spacial score (nSPS) is 11.7. The van der Waals surface area contributed by atoms with Crippen LogP contribution in [0, 0.1) is 6.92 Å². The van der Waals surface area contributed by atoms with Crippen LogP contribution < -0.4 is 10.6 Å². The van der Waals surface area contributed by atoms with Crippen LogP contribution in [0.15, 0.2) is 86.8 Å². The summed E-state index contributed by atoms with van der Waals surface area (Å²) in [5.74, 6) is 1.26. The summed E-state index contributed by atoms with van der Waals surface area (Å²) >= 11 is 1.61. The molecule has 3 N–H and O–H groups in total. The first-order valence-electron chi connectivity index (χ1n) is 10.1. The van der Waals surface area contributed by atoms with Crippen molar-refractivity contribution in [3.63, 3.8) is 0 Å². The lowest BCUT2D eigenvalue weighted by molar-refractivity contribution is 0.592. The number of hydrogen-bond acceptors (Lipinski definition) is 8. The van der Waals surface area contributed by atoms with Crippen molar-refractivity contribution >= 4 is 31.4 Å². The quantitative estimate of drug-likeness (QED) is 0.340. The molecule has 33 heavy (non-hydrogen) atoms. The number of nitrogens with one attached hydrogen (secondary N) is 3. The first-order valence-corrected chi connectivity index (χ1v) is 14.2. The van der Waals surface area contributed by atoms with Gasteiger partial charge < -0.3 is 15.6 Å². The van der Waals surface area contributed by atoms with E-state index < -0.39 is 23.9 Å². The van der Waals surface area contributed by atoms with Gasteiger partial charge >= 0.3 is 0 Å². The fourth-order valence-electron chi connectivity index (χ4n) is 3.05. The van der Waals surface area contributed by atoms with Crippen LogP contribution in [0.5, 0.6) is 0 Å². The molecular formula is C22H26N4O4S3. The van der Waals surface area contributed by atoms with Crippen LogP contribution in [-0.4, -0.2) is 46.1 Å². The second-order valence-electron chi connectivity index (χ2n) is 6.99. The molecule has 0 bridgehead atoms. The number of aryl methyl sites for hydroxylation is 1. The van der Waals surface area contributed by atoms with E-state index in [-0.39, 0.29) is 15.6 Å². The number of H-pyrrole nitrogens is 1. The van der Waals surface area contributed by atoms with Crippen molar-refractivity contribution in [2.24, 2.45) is 0 Å². The van der Waals surface area contributed by atoms with Crippen LogP contribution in [0.25, 0.3) is 0 Å². The Labute approximate surface area is 198 Å². The van der Waals surface area contributed by atoms with Gasteiger partial charge in [-0.2, -0.15) is 11.8 Å². The van der Waals surface area contributed by atoms with E-state index in [1.807, 2.05) is 6.92 Å². The Morgan fingerprint density at radius 1 is 0.939 bits per heavy atom. The van der Waals surface area contributed by atoms with Gasteiger partial charge in [-0.15, -0.1) is 0 Å². The molecule has 0 atom stereocenters. The third-order valence-corrected chi connectivity index (χ3v) is 10.2. The van der Waals surface area contributed by atoms with E-state index in [2.05, 4.69) is 20.6 Å². The highest BCUT2D eigenvalue weighted by Crippen LogP contribution is 2.30. The highest BCUT2D eigenvalue weighted by Gasteiger charge is 2.37. The molecule has 3 aromatic rings. The zero-order valence-corrected chi connectivity index (χ0v) is 20.7. The first kappa shape index (κ1) is 24.9. The van der Waals surface area contributed by atoms with Gasteiger partial charge in [0, 0.05) is 30.8 Å². The Hall–Kier alpha value is -2.76. The largest absolute Gasteiger partial charge is 0.373 e. The standard InChI is InChI=1S/C22H26N4O4S3/c1-17-20(26-16-25-17)15-31-14-13-24-21(23-2)22(32(27,28)18-9-5-3-6-10-18)33(29,30)19-11-7-4-8-12-19/h3-12,16,23-24H,13-15H2,1-2H3,(H,25,26). The predicted octanol–water partition coefficient (Wildman–Crippen LogP) is 2.83. The molecule has 0 aliphatic heterocycles. The molecule has 0 unspecified atom stereocenters. The Kier molecular flexibility index (Phi) is 8.22. The van der Waals surface area contributed by atoms with Crippen molar-refractivity contribution in [3.05, 3.63) is 88.4 Å². The Morgan fingerprint density at radius 3 is 1.94 bits per heavy atom. The van der Waals surface area contributed by atoms with Crippen molar-refractivity contribution in [3.8, 4) is 0 Å². The molecule has 1 aromatic heterocycles. The number of thioether (sulfide) groups is 1.